The summed E-state index contributed by atoms with van der Waals surface area (Å²) in [5.41, 5.74) is 1.25. The Bertz CT molecular complexity index is 348. The molecule has 0 heterocycles. The van der Waals surface area contributed by atoms with Crippen molar-refractivity contribution in [3.63, 3.8) is 0 Å². The van der Waals surface area contributed by atoms with Crippen LogP contribution in [0, 0.1) is 5.92 Å². The normalized spacial score (nSPS) is 13.0. The number of hydrogen-bond acceptors (Lipinski definition) is 3. The van der Waals surface area contributed by atoms with Gasteiger partial charge in [-0.25, -0.2) is 0 Å². The van der Waals surface area contributed by atoms with Crippen LogP contribution in [0.25, 0.3) is 0 Å². The number of rotatable bonds is 8. The van der Waals surface area contributed by atoms with Crippen LogP contribution in [0.5, 0.6) is 5.75 Å². The first-order valence-corrected chi connectivity index (χ1v) is 7.08. The molecule has 0 aliphatic rings. The Balaban J connectivity index is 2.63. The lowest BCUT2D eigenvalue weighted by molar-refractivity contribution is 0.0986. The van der Waals surface area contributed by atoms with Crippen LogP contribution in [0.3, 0.4) is 0 Å². The van der Waals surface area contributed by atoms with Gasteiger partial charge in [-0.3, -0.25) is 4.90 Å². The highest BCUT2D eigenvalue weighted by atomic mass is 16.5. The van der Waals surface area contributed by atoms with Gasteiger partial charge in [0, 0.05) is 19.6 Å². The van der Waals surface area contributed by atoms with E-state index in [2.05, 4.69) is 30.9 Å². The fourth-order valence-electron chi connectivity index (χ4n) is 2.14. The van der Waals surface area contributed by atoms with E-state index in [1.807, 2.05) is 19.1 Å². The van der Waals surface area contributed by atoms with E-state index in [9.17, 15) is 5.11 Å². The SMILES string of the molecule is CC[C@H](O)CN(Cc1ccc(OC)cc1)CC(C)C. The van der Waals surface area contributed by atoms with Gasteiger partial charge in [0.15, 0.2) is 0 Å². The van der Waals surface area contributed by atoms with Gasteiger partial charge in [0.2, 0.25) is 0 Å². The molecule has 19 heavy (non-hydrogen) atoms. The van der Waals surface area contributed by atoms with Crippen molar-refractivity contribution in [3.05, 3.63) is 29.8 Å². The molecule has 3 nitrogen and oxygen atoms in total. The number of nitrogens with zero attached hydrogens (tertiary/aromatic N) is 1. The maximum Gasteiger partial charge on any atom is 0.118 e. The first-order valence-electron chi connectivity index (χ1n) is 7.08. The molecule has 0 aliphatic carbocycles. The Morgan fingerprint density at radius 3 is 2.26 bits per heavy atom. The first kappa shape index (κ1) is 16.0. The molecule has 0 spiro atoms. The summed E-state index contributed by atoms with van der Waals surface area (Å²) in [6.45, 7) is 9.05. The zero-order valence-electron chi connectivity index (χ0n) is 12.6. The monoisotopic (exact) mass is 265 g/mol. The van der Waals surface area contributed by atoms with E-state index in [4.69, 9.17) is 4.74 Å². The van der Waals surface area contributed by atoms with Gasteiger partial charge >= 0.3 is 0 Å². The second-order valence-electron chi connectivity index (χ2n) is 5.50. The summed E-state index contributed by atoms with van der Waals surface area (Å²) in [7, 11) is 1.68. The number of ether oxygens (including phenoxy) is 1. The summed E-state index contributed by atoms with van der Waals surface area (Å²) in [4.78, 5) is 2.32. The zero-order valence-corrected chi connectivity index (χ0v) is 12.6. The van der Waals surface area contributed by atoms with Crippen LogP contribution in [0.1, 0.15) is 32.8 Å². The molecule has 0 unspecified atom stereocenters. The summed E-state index contributed by atoms with van der Waals surface area (Å²) >= 11 is 0. The van der Waals surface area contributed by atoms with Crippen LogP contribution in [0.15, 0.2) is 24.3 Å². The summed E-state index contributed by atoms with van der Waals surface area (Å²) < 4.78 is 5.17. The third kappa shape index (κ3) is 6.08. The van der Waals surface area contributed by atoms with Crippen molar-refractivity contribution in [2.24, 2.45) is 5.92 Å². The van der Waals surface area contributed by atoms with E-state index in [0.29, 0.717) is 5.92 Å². The molecule has 0 saturated heterocycles. The van der Waals surface area contributed by atoms with Crippen molar-refractivity contribution in [1.29, 1.82) is 0 Å². The third-order valence-corrected chi connectivity index (χ3v) is 3.13. The van der Waals surface area contributed by atoms with E-state index in [-0.39, 0.29) is 6.10 Å². The molecule has 0 saturated carbocycles. The Morgan fingerprint density at radius 1 is 1.16 bits per heavy atom. The minimum Gasteiger partial charge on any atom is -0.497 e. The molecule has 0 aromatic heterocycles. The van der Waals surface area contributed by atoms with Crippen LogP contribution < -0.4 is 4.74 Å². The average molecular weight is 265 g/mol. The number of hydrogen-bond donors (Lipinski definition) is 1. The Hall–Kier alpha value is -1.06. The second kappa shape index (κ2) is 8.18. The zero-order chi connectivity index (χ0) is 14.3. The molecule has 1 N–H and O–H groups in total. The quantitative estimate of drug-likeness (QED) is 0.784. The van der Waals surface area contributed by atoms with Crippen LogP contribution in [0.2, 0.25) is 0 Å². The van der Waals surface area contributed by atoms with Gasteiger partial charge < -0.3 is 9.84 Å². The molecule has 0 bridgehead atoms. The number of methoxy groups -OCH3 is 1. The maximum absolute atomic E-state index is 9.84. The summed E-state index contributed by atoms with van der Waals surface area (Å²) in [6.07, 6.45) is 0.564. The first-order chi connectivity index (χ1) is 9.05. The molecule has 1 atom stereocenters. The molecule has 0 amide bonds. The molecule has 0 radical (unpaired) electrons. The molecule has 0 fully saturated rings. The average Bonchev–Trinajstić information content (AvgIpc) is 2.38. The molecule has 3 heteroatoms. The predicted octanol–water partition coefficient (Wildman–Crippen LogP) is 2.92. The van der Waals surface area contributed by atoms with E-state index in [1.54, 1.807) is 7.11 Å². The summed E-state index contributed by atoms with van der Waals surface area (Å²) in [5.74, 6) is 1.48. The van der Waals surface area contributed by atoms with E-state index < -0.39 is 0 Å². The predicted molar refractivity (Wildman–Crippen MR) is 79.4 cm³/mol. The van der Waals surface area contributed by atoms with Crippen LogP contribution in [-0.4, -0.2) is 36.3 Å². The van der Waals surface area contributed by atoms with Gasteiger partial charge in [0.1, 0.15) is 5.75 Å². The molecular weight excluding hydrogens is 238 g/mol. The number of benzene rings is 1. The van der Waals surface area contributed by atoms with Crippen molar-refractivity contribution < 1.29 is 9.84 Å². The second-order valence-corrected chi connectivity index (χ2v) is 5.50. The highest BCUT2D eigenvalue weighted by Gasteiger charge is 2.12. The van der Waals surface area contributed by atoms with Crippen molar-refractivity contribution in [2.75, 3.05) is 20.2 Å². The fourth-order valence-corrected chi connectivity index (χ4v) is 2.14. The van der Waals surface area contributed by atoms with Crippen LogP contribution in [-0.2, 0) is 6.54 Å². The Morgan fingerprint density at radius 2 is 1.79 bits per heavy atom. The third-order valence-electron chi connectivity index (χ3n) is 3.13. The fraction of sp³-hybridized carbons (Fsp3) is 0.625. The van der Waals surface area contributed by atoms with Gasteiger partial charge in [-0.05, 0) is 30.0 Å². The number of aliphatic hydroxyl groups excluding tert-OH is 1. The molecule has 1 aromatic carbocycles. The molecule has 1 rings (SSSR count). The van der Waals surface area contributed by atoms with Gasteiger partial charge in [-0.2, -0.15) is 0 Å². The minimum absolute atomic E-state index is 0.239. The van der Waals surface area contributed by atoms with Crippen molar-refractivity contribution in [1.82, 2.24) is 4.90 Å². The standard InChI is InChI=1S/C16H27NO2/c1-5-15(18)12-17(10-13(2)3)11-14-6-8-16(19-4)9-7-14/h6-9,13,15,18H,5,10-12H2,1-4H3/t15-/m0/s1. The summed E-state index contributed by atoms with van der Waals surface area (Å²) in [5, 5.41) is 9.84. The lowest BCUT2D eigenvalue weighted by Crippen LogP contribution is -2.34. The summed E-state index contributed by atoms with van der Waals surface area (Å²) in [6, 6.07) is 8.15. The van der Waals surface area contributed by atoms with E-state index >= 15 is 0 Å². The highest BCUT2D eigenvalue weighted by molar-refractivity contribution is 5.27. The Labute approximate surface area is 117 Å². The van der Waals surface area contributed by atoms with Crippen LogP contribution in [0.4, 0.5) is 0 Å². The lowest BCUT2D eigenvalue weighted by atomic mass is 10.1. The molecule has 1 aromatic rings. The molecule has 108 valence electrons. The molecular formula is C16H27NO2. The van der Waals surface area contributed by atoms with Crippen molar-refractivity contribution in [2.45, 2.75) is 39.8 Å². The maximum atomic E-state index is 9.84. The largest absolute Gasteiger partial charge is 0.497 e. The van der Waals surface area contributed by atoms with Gasteiger partial charge in [-0.15, -0.1) is 0 Å². The topological polar surface area (TPSA) is 32.7 Å². The molecule has 0 aliphatic heterocycles. The van der Waals surface area contributed by atoms with Gasteiger partial charge in [0.25, 0.3) is 0 Å². The minimum atomic E-state index is -0.239. The Kier molecular flexibility index (Phi) is 6.89. The van der Waals surface area contributed by atoms with Crippen molar-refractivity contribution >= 4 is 0 Å². The lowest BCUT2D eigenvalue weighted by Gasteiger charge is -2.26. The van der Waals surface area contributed by atoms with Crippen LogP contribution >= 0.6 is 0 Å². The van der Waals surface area contributed by atoms with E-state index in [0.717, 1.165) is 31.8 Å². The number of aliphatic hydroxyl groups is 1. The van der Waals surface area contributed by atoms with E-state index in [1.165, 1.54) is 5.56 Å². The smallest absolute Gasteiger partial charge is 0.118 e. The highest BCUT2D eigenvalue weighted by Crippen LogP contribution is 2.14. The van der Waals surface area contributed by atoms with Crippen molar-refractivity contribution in [3.8, 4) is 5.75 Å². The van der Waals surface area contributed by atoms with Gasteiger partial charge in [-0.1, -0.05) is 32.9 Å². The van der Waals surface area contributed by atoms with Gasteiger partial charge in [0.05, 0.1) is 13.2 Å².